The van der Waals surface area contributed by atoms with E-state index in [2.05, 4.69) is 30.9 Å². The molecular weight excluding hydrogens is 256 g/mol. The smallest absolute Gasteiger partial charge is 0.0408 e. The van der Waals surface area contributed by atoms with Gasteiger partial charge in [0.05, 0.1) is 0 Å². The Bertz CT molecular complexity index is 403. The standard InChI is InChI=1S/C16H25ClN2/c1-12(2)9-19-10-14(8-16(18)11-19)6-13-4-3-5-15(17)7-13/h3-5,7,12,14,16H,6,8-11,18H2,1-2H3. The second-order valence-corrected chi connectivity index (χ2v) is 6.74. The lowest BCUT2D eigenvalue weighted by molar-refractivity contribution is 0.142. The van der Waals surface area contributed by atoms with Gasteiger partial charge in [0.1, 0.15) is 0 Å². The largest absolute Gasteiger partial charge is 0.327 e. The van der Waals surface area contributed by atoms with Crippen molar-refractivity contribution in [3.05, 3.63) is 34.9 Å². The van der Waals surface area contributed by atoms with Gasteiger partial charge in [-0.1, -0.05) is 37.6 Å². The van der Waals surface area contributed by atoms with Crippen LogP contribution in [0.15, 0.2) is 24.3 Å². The van der Waals surface area contributed by atoms with E-state index in [0.717, 1.165) is 31.0 Å². The van der Waals surface area contributed by atoms with Gasteiger partial charge in [-0.15, -0.1) is 0 Å². The first-order chi connectivity index (χ1) is 9.02. The Morgan fingerprint density at radius 3 is 2.84 bits per heavy atom. The second-order valence-electron chi connectivity index (χ2n) is 6.31. The van der Waals surface area contributed by atoms with E-state index in [0.29, 0.717) is 17.9 Å². The lowest BCUT2D eigenvalue weighted by Crippen LogP contribution is -2.48. The summed E-state index contributed by atoms with van der Waals surface area (Å²) >= 11 is 6.05. The van der Waals surface area contributed by atoms with Gasteiger partial charge in [-0.2, -0.15) is 0 Å². The van der Waals surface area contributed by atoms with E-state index in [1.54, 1.807) is 0 Å². The SMILES string of the molecule is CC(C)CN1CC(N)CC(Cc2cccc(Cl)c2)C1. The van der Waals surface area contributed by atoms with Gasteiger partial charge in [0.25, 0.3) is 0 Å². The Morgan fingerprint density at radius 2 is 2.16 bits per heavy atom. The summed E-state index contributed by atoms with van der Waals surface area (Å²) in [4.78, 5) is 2.52. The summed E-state index contributed by atoms with van der Waals surface area (Å²) in [5.41, 5.74) is 7.54. The Morgan fingerprint density at radius 1 is 1.37 bits per heavy atom. The van der Waals surface area contributed by atoms with E-state index in [-0.39, 0.29) is 0 Å². The fourth-order valence-corrected chi connectivity index (χ4v) is 3.37. The molecule has 1 aliphatic heterocycles. The number of piperidine rings is 1. The monoisotopic (exact) mass is 280 g/mol. The Kier molecular flexibility index (Phi) is 5.26. The molecule has 0 aliphatic carbocycles. The quantitative estimate of drug-likeness (QED) is 0.918. The van der Waals surface area contributed by atoms with Crippen LogP contribution in [-0.2, 0) is 6.42 Å². The Labute approximate surface area is 121 Å². The molecule has 1 aliphatic rings. The summed E-state index contributed by atoms with van der Waals surface area (Å²) in [6.45, 7) is 7.90. The minimum Gasteiger partial charge on any atom is -0.327 e. The van der Waals surface area contributed by atoms with Crippen molar-refractivity contribution in [2.75, 3.05) is 19.6 Å². The maximum absolute atomic E-state index is 6.21. The van der Waals surface area contributed by atoms with Crippen LogP contribution >= 0.6 is 11.6 Å². The zero-order chi connectivity index (χ0) is 13.8. The number of benzene rings is 1. The topological polar surface area (TPSA) is 29.3 Å². The molecule has 2 unspecified atom stereocenters. The molecule has 2 nitrogen and oxygen atoms in total. The van der Waals surface area contributed by atoms with Crippen LogP contribution in [0, 0.1) is 11.8 Å². The fourth-order valence-electron chi connectivity index (χ4n) is 3.16. The van der Waals surface area contributed by atoms with Gasteiger partial charge in [0, 0.05) is 30.7 Å². The summed E-state index contributed by atoms with van der Waals surface area (Å²) < 4.78 is 0. The number of hydrogen-bond acceptors (Lipinski definition) is 2. The van der Waals surface area contributed by atoms with E-state index in [1.807, 2.05) is 12.1 Å². The maximum atomic E-state index is 6.21. The molecule has 0 bridgehead atoms. The van der Waals surface area contributed by atoms with Crippen LogP contribution in [0.2, 0.25) is 5.02 Å². The van der Waals surface area contributed by atoms with Gasteiger partial charge in [-0.25, -0.2) is 0 Å². The highest BCUT2D eigenvalue weighted by Gasteiger charge is 2.25. The minimum absolute atomic E-state index is 0.316. The van der Waals surface area contributed by atoms with E-state index >= 15 is 0 Å². The van der Waals surface area contributed by atoms with E-state index in [4.69, 9.17) is 17.3 Å². The first-order valence-corrected chi connectivity index (χ1v) is 7.63. The molecule has 0 amide bonds. The van der Waals surface area contributed by atoms with Crippen molar-refractivity contribution in [2.24, 2.45) is 17.6 Å². The highest BCUT2D eigenvalue weighted by molar-refractivity contribution is 6.30. The third-order valence-corrected chi connectivity index (χ3v) is 3.92. The van der Waals surface area contributed by atoms with E-state index in [1.165, 1.54) is 12.1 Å². The van der Waals surface area contributed by atoms with Gasteiger partial charge in [-0.05, 0) is 42.4 Å². The zero-order valence-corrected chi connectivity index (χ0v) is 12.7. The van der Waals surface area contributed by atoms with Crippen LogP contribution in [0.25, 0.3) is 0 Å². The number of nitrogens with two attached hydrogens (primary N) is 1. The zero-order valence-electron chi connectivity index (χ0n) is 12.0. The number of likely N-dealkylation sites (tertiary alicyclic amines) is 1. The molecule has 1 heterocycles. The van der Waals surface area contributed by atoms with Crippen LogP contribution in [0.1, 0.15) is 25.8 Å². The van der Waals surface area contributed by atoms with Gasteiger partial charge in [-0.3, -0.25) is 0 Å². The third-order valence-electron chi connectivity index (χ3n) is 3.68. The van der Waals surface area contributed by atoms with E-state index < -0.39 is 0 Å². The summed E-state index contributed by atoms with van der Waals surface area (Å²) in [6.07, 6.45) is 2.21. The molecule has 2 N–H and O–H groups in total. The average molecular weight is 281 g/mol. The Hall–Kier alpha value is -0.570. The molecule has 1 saturated heterocycles. The van der Waals surface area contributed by atoms with Crippen LogP contribution in [0.4, 0.5) is 0 Å². The van der Waals surface area contributed by atoms with Crippen molar-refractivity contribution in [1.82, 2.24) is 4.90 Å². The average Bonchev–Trinajstić information content (AvgIpc) is 2.26. The van der Waals surface area contributed by atoms with Crippen molar-refractivity contribution >= 4 is 11.6 Å². The van der Waals surface area contributed by atoms with Gasteiger partial charge >= 0.3 is 0 Å². The van der Waals surface area contributed by atoms with Crippen LogP contribution in [-0.4, -0.2) is 30.6 Å². The Balaban J connectivity index is 1.95. The van der Waals surface area contributed by atoms with E-state index in [9.17, 15) is 0 Å². The predicted molar refractivity (Wildman–Crippen MR) is 82.5 cm³/mol. The predicted octanol–water partition coefficient (Wildman–Crippen LogP) is 3.19. The number of nitrogens with zero attached hydrogens (tertiary/aromatic N) is 1. The van der Waals surface area contributed by atoms with Crippen molar-refractivity contribution in [3.63, 3.8) is 0 Å². The van der Waals surface area contributed by atoms with Gasteiger partial charge < -0.3 is 10.6 Å². The highest BCUT2D eigenvalue weighted by atomic mass is 35.5. The first-order valence-electron chi connectivity index (χ1n) is 7.25. The van der Waals surface area contributed by atoms with Gasteiger partial charge in [0.2, 0.25) is 0 Å². The van der Waals surface area contributed by atoms with Crippen LogP contribution < -0.4 is 5.73 Å². The molecule has 0 radical (unpaired) electrons. The minimum atomic E-state index is 0.316. The van der Waals surface area contributed by atoms with Crippen molar-refractivity contribution in [1.29, 1.82) is 0 Å². The van der Waals surface area contributed by atoms with Crippen molar-refractivity contribution < 1.29 is 0 Å². The number of hydrogen-bond donors (Lipinski definition) is 1. The highest BCUT2D eigenvalue weighted by Crippen LogP contribution is 2.22. The maximum Gasteiger partial charge on any atom is 0.0408 e. The molecule has 2 atom stereocenters. The molecular formula is C16H25ClN2. The molecule has 1 fully saturated rings. The molecule has 106 valence electrons. The molecule has 2 rings (SSSR count). The summed E-state index contributed by atoms with van der Waals surface area (Å²) in [5, 5.41) is 0.830. The fraction of sp³-hybridized carbons (Fsp3) is 0.625. The second kappa shape index (κ2) is 6.74. The molecule has 0 saturated carbocycles. The van der Waals surface area contributed by atoms with Gasteiger partial charge in [0.15, 0.2) is 0 Å². The molecule has 1 aromatic carbocycles. The molecule has 1 aromatic rings. The van der Waals surface area contributed by atoms with Crippen LogP contribution in [0.3, 0.4) is 0 Å². The molecule has 0 aromatic heterocycles. The summed E-state index contributed by atoms with van der Waals surface area (Å²) in [5.74, 6) is 1.36. The normalized spacial score (nSPS) is 24.9. The third kappa shape index (κ3) is 4.79. The van der Waals surface area contributed by atoms with Crippen molar-refractivity contribution in [2.45, 2.75) is 32.7 Å². The lowest BCUT2D eigenvalue weighted by atomic mass is 9.88. The van der Waals surface area contributed by atoms with Crippen LogP contribution in [0.5, 0.6) is 0 Å². The first kappa shape index (κ1) is 14.8. The lowest BCUT2D eigenvalue weighted by Gasteiger charge is -2.37. The summed E-state index contributed by atoms with van der Waals surface area (Å²) in [7, 11) is 0. The molecule has 19 heavy (non-hydrogen) atoms. The molecule has 3 heteroatoms. The molecule has 0 spiro atoms. The summed E-state index contributed by atoms with van der Waals surface area (Å²) in [6, 6.07) is 8.53. The number of rotatable bonds is 4. The number of halogens is 1. The van der Waals surface area contributed by atoms with Crippen molar-refractivity contribution in [3.8, 4) is 0 Å².